The van der Waals surface area contributed by atoms with E-state index in [1.807, 2.05) is 0 Å². The van der Waals surface area contributed by atoms with Crippen molar-refractivity contribution in [3.63, 3.8) is 0 Å². The van der Waals surface area contributed by atoms with Gasteiger partial charge in [-0.25, -0.2) is 0 Å². The minimum absolute atomic E-state index is 0.957. The molecule has 14 heavy (non-hydrogen) atoms. The minimum atomic E-state index is 0.957. The summed E-state index contributed by atoms with van der Waals surface area (Å²) in [7, 11) is 0. The number of benzene rings is 1. The van der Waals surface area contributed by atoms with Crippen molar-refractivity contribution in [3.8, 4) is 6.07 Å². The lowest BCUT2D eigenvalue weighted by Gasteiger charge is -2.08. The second-order valence-corrected chi connectivity index (χ2v) is 4.34. The van der Waals surface area contributed by atoms with Crippen molar-refractivity contribution in [2.24, 2.45) is 0 Å². The Labute approximate surface area is 84.4 Å². The van der Waals surface area contributed by atoms with E-state index in [4.69, 9.17) is 5.26 Å². The Bertz CT molecular complexity index is 438. The molecule has 0 heterocycles. The van der Waals surface area contributed by atoms with Crippen LogP contribution >= 0.6 is 0 Å². The first kappa shape index (κ1) is 8.05. The SMILES string of the molecule is N#Cc1cc2c(c3c1CCC3)CCC2. The number of fused-ring (bicyclic) bond motifs is 3. The number of nitrogens with zero attached hydrogens (tertiary/aromatic N) is 1. The van der Waals surface area contributed by atoms with Crippen molar-refractivity contribution in [1.29, 1.82) is 5.26 Å². The highest BCUT2D eigenvalue weighted by Crippen LogP contribution is 2.35. The molecular formula is C13H13N. The zero-order valence-electron chi connectivity index (χ0n) is 8.27. The maximum absolute atomic E-state index is 9.08. The topological polar surface area (TPSA) is 23.8 Å². The number of nitriles is 1. The van der Waals surface area contributed by atoms with Crippen molar-refractivity contribution >= 4 is 0 Å². The average molecular weight is 183 g/mol. The van der Waals surface area contributed by atoms with Gasteiger partial charge < -0.3 is 0 Å². The summed E-state index contributed by atoms with van der Waals surface area (Å²) < 4.78 is 0. The largest absolute Gasteiger partial charge is 0.192 e. The predicted molar refractivity (Wildman–Crippen MR) is 55.2 cm³/mol. The highest BCUT2D eigenvalue weighted by atomic mass is 14.3. The fourth-order valence-corrected chi connectivity index (χ4v) is 3.01. The third kappa shape index (κ3) is 0.944. The third-order valence-electron chi connectivity index (χ3n) is 3.61. The van der Waals surface area contributed by atoms with Gasteiger partial charge in [0, 0.05) is 0 Å². The van der Waals surface area contributed by atoms with Crippen LogP contribution in [0.2, 0.25) is 0 Å². The van der Waals surface area contributed by atoms with E-state index in [-0.39, 0.29) is 0 Å². The summed E-state index contributed by atoms with van der Waals surface area (Å²) in [4.78, 5) is 0. The zero-order valence-corrected chi connectivity index (χ0v) is 8.27. The average Bonchev–Trinajstić information content (AvgIpc) is 2.83. The molecule has 1 nitrogen and oxygen atoms in total. The van der Waals surface area contributed by atoms with Crippen LogP contribution in [-0.4, -0.2) is 0 Å². The van der Waals surface area contributed by atoms with Gasteiger partial charge in [-0.15, -0.1) is 0 Å². The van der Waals surface area contributed by atoms with Crippen LogP contribution in [0.4, 0.5) is 0 Å². The van der Waals surface area contributed by atoms with Gasteiger partial charge in [0.25, 0.3) is 0 Å². The summed E-state index contributed by atoms with van der Waals surface area (Å²) >= 11 is 0. The Balaban J connectivity index is 2.30. The van der Waals surface area contributed by atoms with Crippen molar-refractivity contribution in [2.45, 2.75) is 38.5 Å². The van der Waals surface area contributed by atoms with Crippen molar-refractivity contribution < 1.29 is 0 Å². The normalized spacial score (nSPS) is 17.6. The molecule has 0 radical (unpaired) electrons. The van der Waals surface area contributed by atoms with Gasteiger partial charge in [-0.3, -0.25) is 0 Å². The van der Waals surface area contributed by atoms with Crippen LogP contribution in [0, 0.1) is 11.3 Å². The van der Waals surface area contributed by atoms with E-state index < -0.39 is 0 Å². The van der Waals surface area contributed by atoms with Crippen molar-refractivity contribution in [3.05, 3.63) is 33.9 Å². The Hall–Kier alpha value is -1.29. The lowest BCUT2D eigenvalue weighted by atomic mass is 9.95. The molecule has 0 aliphatic heterocycles. The molecular weight excluding hydrogens is 170 g/mol. The number of hydrogen-bond acceptors (Lipinski definition) is 1. The molecule has 0 unspecified atom stereocenters. The van der Waals surface area contributed by atoms with E-state index in [2.05, 4.69) is 12.1 Å². The summed E-state index contributed by atoms with van der Waals surface area (Å²) in [5, 5.41) is 9.08. The van der Waals surface area contributed by atoms with Crippen molar-refractivity contribution in [1.82, 2.24) is 0 Å². The maximum atomic E-state index is 9.08. The molecule has 2 aliphatic rings. The summed E-state index contributed by atoms with van der Waals surface area (Å²) in [6, 6.07) is 4.50. The molecule has 2 aliphatic carbocycles. The maximum Gasteiger partial charge on any atom is 0.0994 e. The van der Waals surface area contributed by atoms with Crippen LogP contribution in [0.5, 0.6) is 0 Å². The standard InChI is InChI=1S/C13H13N/c14-8-10-7-9-3-1-4-11(9)13-6-2-5-12(10)13/h7H,1-6H2. The monoisotopic (exact) mass is 183 g/mol. The van der Waals surface area contributed by atoms with Gasteiger partial charge in [0.1, 0.15) is 0 Å². The molecule has 1 aromatic carbocycles. The van der Waals surface area contributed by atoms with Crippen LogP contribution in [0.3, 0.4) is 0 Å². The predicted octanol–water partition coefficient (Wildman–Crippen LogP) is 2.54. The summed E-state index contributed by atoms with van der Waals surface area (Å²) in [5.74, 6) is 0. The van der Waals surface area contributed by atoms with Gasteiger partial charge in [-0.05, 0) is 66.8 Å². The fraction of sp³-hybridized carbons (Fsp3) is 0.462. The van der Waals surface area contributed by atoms with E-state index in [0.717, 1.165) is 12.0 Å². The number of rotatable bonds is 0. The molecule has 0 saturated carbocycles. The lowest BCUT2D eigenvalue weighted by molar-refractivity contribution is 0.887. The van der Waals surface area contributed by atoms with Crippen LogP contribution in [-0.2, 0) is 25.7 Å². The smallest absolute Gasteiger partial charge is 0.0994 e. The molecule has 1 aromatic rings. The van der Waals surface area contributed by atoms with E-state index in [9.17, 15) is 0 Å². The number of aryl methyl sites for hydroxylation is 1. The Kier molecular flexibility index (Phi) is 1.64. The van der Waals surface area contributed by atoms with Crippen LogP contribution in [0.1, 0.15) is 40.7 Å². The molecule has 3 rings (SSSR count). The fourth-order valence-electron chi connectivity index (χ4n) is 3.01. The van der Waals surface area contributed by atoms with E-state index >= 15 is 0 Å². The quantitative estimate of drug-likeness (QED) is 0.606. The second kappa shape index (κ2) is 2.85. The molecule has 0 amide bonds. The van der Waals surface area contributed by atoms with Crippen LogP contribution < -0.4 is 0 Å². The summed E-state index contributed by atoms with van der Waals surface area (Å²) in [6.07, 6.45) is 7.33. The van der Waals surface area contributed by atoms with Gasteiger partial charge in [-0.2, -0.15) is 5.26 Å². The van der Waals surface area contributed by atoms with Crippen LogP contribution in [0.15, 0.2) is 6.07 Å². The first-order valence-corrected chi connectivity index (χ1v) is 5.47. The van der Waals surface area contributed by atoms with Gasteiger partial charge in [0.15, 0.2) is 0 Å². The van der Waals surface area contributed by atoms with Crippen LogP contribution in [0.25, 0.3) is 0 Å². The van der Waals surface area contributed by atoms with E-state index in [0.29, 0.717) is 0 Å². The minimum Gasteiger partial charge on any atom is -0.192 e. The molecule has 0 atom stereocenters. The molecule has 1 heteroatoms. The number of hydrogen-bond donors (Lipinski definition) is 0. The molecule has 0 N–H and O–H groups in total. The molecule has 0 spiro atoms. The van der Waals surface area contributed by atoms with E-state index in [1.54, 1.807) is 5.56 Å². The highest BCUT2D eigenvalue weighted by Gasteiger charge is 2.23. The first-order chi connectivity index (χ1) is 6.90. The molecule has 0 saturated heterocycles. The highest BCUT2D eigenvalue weighted by molar-refractivity contribution is 5.54. The Morgan fingerprint density at radius 2 is 1.64 bits per heavy atom. The van der Waals surface area contributed by atoms with E-state index in [1.165, 1.54) is 48.8 Å². The Morgan fingerprint density at radius 3 is 2.50 bits per heavy atom. The molecule has 0 fully saturated rings. The van der Waals surface area contributed by atoms with Gasteiger partial charge in [-0.1, -0.05) is 0 Å². The summed E-state index contributed by atoms with van der Waals surface area (Å²) in [5.41, 5.74) is 6.92. The van der Waals surface area contributed by atoms with Gasteiger partial charge in [0.2, 0.25) is 0 Å². The van der Waals surface area contributed by atoms with Gasteiger partial charge in [0.05, 0.1) is 11.6 Å². The molecule has 0 aromatic heterocycles. The third-order valence-corrected chi connectivity index (χ3v) is 3.61. The Morgan fingerprint density at radius 1 is 0.929 bits per heavy atom. The van der Waals surface area contributed by atoms with Crippen molar-refractivity contribution in [2.75, 3.05) is 0 Å². The lowest BCUT2D eigenvalue weighted by Crippen LogP contribution is -1.96. The first-order valence-electron chi connectivity index (χ1n) is 5.47. The molecule has 0 bridgehead atoms. The zero-order chi connectivity index (χ0) is 9.54. The van der Waals surface area contributed by atoms with Gasteiger partial charge >= 0.3 is 0 Å². The summed E-state index contributed by atoms with van der Waals surface area (Å²) in [6.45, 7) is 0. The second-order valence-electron chi connectivity index (χ2n) is 4.34. The molecule has 70 valence electrons.